The first-order valence-electron chi connectivity index (χ1n) is 9.38. The Hall–Kier alpha value is -0.940. The van der Waals surface area contributed by atoms with Gasteiger partial charge in [-0.2, -0.15) is 0 Å². The van der Waals surface area contributed by atoms with Crippen molar-refractivity contribution < 1.29 is 5.11 Å². The van der Waals surface area contributed by atoms with Gasteiger partial charge in [0.25, 0.3) is 0 Å². The van der Waals surface area contributed by atoms with Gasteiger partial charge in [-0.25, -0.2) is 0 Å². The molecular formula is C20H33N3O. The summed E-state index contributed by atoms with van der Waals surface area (Å²) in [4.78, 5) is 7.18. The SMILES string of the molecule is CN(C)CC1CCN(CC2(O)CCN(Cc3ccccc3)C2)CC1. The van der Waals surface area contributed by atoms with Crippen LogP contribution in [-0.4, -0.2) is 78.8 Å². The first-order chi connectivity index (χ1) is 11.5. The molecule has 3 rings (SSSR count). The van der Waals surface area contributed by atoms with Crippen molar-refractivity contribution in [3.8, 4) is 0 Å². The summed E-state index contributed by atoms with van der Waals surface area (Å²) in [6, 6.07) is 10.6. The van der Waals surface area contributed by atoms with E-state index in [1.807, 2.05) is 0 Å². The molecule has 0 bridgehead atoms. The average Bonchev–Trinajstić information content (AvgIpc) is 2.90. The Kier molecular flexibility index (Phi) is 5.93. The summed E-state index contributed by atoms with van der Waals surface area (Å²) < 4.78 is 0. The van der Waals surface area contributed by atoms with E-state index in [1.54, 1.807) is 0 Å². The van der Waals surface area contributed by atoms with Crippen molar-refractivity contribution in [3.05, 3.63) is 35.9 Å². The molecule has 0 saturated carbocycles. The van der Waals surface area contributed by atoms with Gasteiger partial charge < -0.3 is 14.9 Å². The zero-order chi connectivity index (χ0) is 17.0. The molecule has 4 heteroatoms. The number of β-amino-alcohol motifs (C(OH)–C–C–N with tert-alkyl or cyclic N) is 1. The van der Waals surface area contributed by atoms with Crippen LogP contribution in [0.3, 0.4) is 0 Å². The van der Waals surface area contributed by atoms with Crippen molar-refractivity contribution in [2.24, 2.45) is 5.92 Å². The van der Waals surface area contributed by atoms with Crippen LogP contribution >= 0.6 is 0 Å². The molecule has 0 amide bonds. The van der Waals surface area contributed by atoms with Crippen LogP contribution in [0, 0.1) is 5.92 Å². The van der Waals surface area contributed by atoms with Crippen LogP contribution in [0.5, 0.6) is 0 Å². The third-order valence-corrected chi connectivity index (χ3v) is 5.51. The molecule has 0 spiro atoms. The summed E-state index contributed by atoms with van der Waals surface area (Å²) in [5.41, 5.74) is 0.814. The molecule has 24 heavy (non-hydrogen) atoms. The fourth-order valence-corrected chi connectivity index (χ4v) is 4.31. The summed E-state index contributed by atoms with van der Waals surface area (Å²) in [6.45, 7) is 7.07. The molecular weight excluding hydrogens is 298 g/mol. The van der Waals surface area contributed by atoms with Crippen molar-refractivity contribution >= 4 is 0 Å². The number of hydrogen-bond acceptors (Lipinski definition) is 4. The van der Waals surface area contributed by atoms with Crippen molar-refractivity contribution in [3.63, 3.8) is 0 Å². The number of rotatable bonds is 6. The number of piperidine rings is 1. The van der Waals surface area contributed by atoms with Crippen LogP contribution in [0.4, 0.5) is 0 Å². The molecule has 1 aromatic rings. The van der Waals surface area contributed by atoms with Crippen molar-refractivity contribution in [2.45, 2.75) is 31.4 Å². The van der Waals surface area contributed by atoms with Crippen molar-refractivity contribution in [1.29, 1.82) is 0 Å². The van der Waals surface area contributed by atoms with Gasteiger partial charge in [0.05, 0.1) is 5.60 Å². The second kappa shape index (κ2) is 7.96. The van der Waals surface area contributed by atoms with Crippen LogP contribution in [0.2, 0.25) is 0 Å². The molecule has 0 aliphatic carbocycles. The molecule has 0 aromatic heterocycles. The maximum atomic E-state index is 11.0. The quantitative estimate of drug-likeness (QED) is 0.862. The Morgan fingerprint density at radius 1 is 1.08 bits per heavy atom. The molecule has 2 fully saturated rings. The van der Waals surface area contributed by atoms with Crippen LogP contribution in [-0.2, 0) is 6.54 Å². The van der Waals surface area contributed by atoms with Gasteiger partial charge in [0, 0.05) is 32.7 Å². The lowest BCUT2D eigenvalue weighted by molar-refractivity contribution is 0.000969. The Labute approximate surface area is 147 Å². The number of benzene rings is 1. The lowest BCUT2D eigenvalue weighted by Crippen LogP contribution is -2.48. The smallest absolute Gasteiger partial charge is 0.0912 e. The molecule has 0 radical (unpaired) electrons. The van der Waals surface area contributed by atoms with E-state index in [0.717, 1.165) is 51.6 Å². The van der Waals surface area contributed by atoms with Gasteiger partial charge in [-0.1, -0.05) is 30.3 Å². The first-order valence-corrected chi connectivity index (χ1v) is 9.38. The highest BCUT2D eigenvalue weighted by molar-refractivity contribution is 5.15. The van der Waals surface area contributed by atoms with E-state index >= 15 is 0 Å². The van der Waals surface area contributed by atoms with E-state index in [-0.39, 0.29) is 0 Å². The fourth-order valence-electron chi connectivity index (χ4n) is 4.31. The minimum absolute atomic E-state index is 0.525. The number of aliphatic hydroxyl groups is 1. The zero-order valence-corrected chi connectivity index (χ0v) is 15.3. The minimum Gasteiger partial charge on any atom is -0.387 e. The Morgan fingerprint density at radius 3 is 2.46 bits per heavy atom. The second-order valence-corrected chi connectivity index (χ2v) is 8.15. The normalized spacial score (nSPS) is 27.2. The van der Waals surface area contributed by atoms with E-state index in [9.17, 15) is 5.11 Å². The molecule has 2 aliphatic rings. The van der Waals surface area contributed by atoms with Crippen molar-refractivity contribution in [2.75, 3.05) is 53.4 Å². The standard InChI is InChI=1S/C20H33N3O/c1-21(2)14-19-8-11-22(12-9-19)16-20(24)10-13-23(17-20)15-18-6-4-3-5-7-18/h3-7,19,24H,8-17H2,1-2H3. The molecule has 2 saturated heterocycles. The van der Waals surface area contributed by atoms with Crippen LogP contribution in [0.25, 0.3) is 0 Å². The van der Waals surface area contributed by atoms with Crippen LogP contribution in [0.1, 0.15) is 24.8 Å². The topological polar surface area (TPSA) is 30.0 Å². The molecule has 1 atom stereocenters. The summed E-state index contributed by atoms with van der Waals surface area (Å²) in [5, 5.41) is 11.0. The van der Waals surface area contributed by atoms with Crippen LogP contribution < -0.4 is 0 Å². The van der Waals surface area contributed by atoms with E-state index in [2.05, 4.69) is 59.1 Å². The van der Waals surface area contributed by atoms with E-state index in [4.69, 9.17) is 0 Å². The highest BCUT2D eigenvalue weighted by Gasteiger charge is 2.38. The highest BCUT2D eigenvalue weighted by atomic mass is 16.3. The summed E-state index contributed by atoms with van der Waals surface area (Å²) in [6.07, 6.45) is 3.43. The Balaban J connectivity index is 1.44. The van der Waals surface area contributed by atoms with E-state index < -0.39 is 5.60 Å². The molecule has 4 nitrogen and oxygen atoms in total. The maximum Gasteiger partial charge on any atom is 0.0912 e. The zero-order valence-electron chi connectivity index (χ0n) is 15.3. The highest BCUT2D eigenvalue weighted by Crippen LogP contribution is 2.26. The van der Waals surface area contributed by atoms with Gasteiger partial charge in [0.15, 0.2) is 0 Å². The summed E-state index contributed by atoms with van der Waals surface area (Å²) in [7, 11) is 4.32. The molecule has 2 heterocycles. The van der Waals surface area contributed by atoms with Gasteiger partial charge in [0.1, 0.15) is 0 Å². The first kappa shape index (κ1) is 17.9. The predicted octanol–water partition coefficient (Wildman–Crippen LogP) is 1.90. The van der Waals surface area contributed by atoms with Crippen molar-refractivity contribution in [1.82, 2.24) is 14.7 Å². The predicted molar refractivity (Wildman–Crippen MR) is 99.0 cm³/mol. The fraction of sp³-hybridized carbons (Fsp3) is 0.700. The number of likely N-dealkylation sites (tertiary alicyclic amines) is 2. The maximum absolute atomic E-state index is 11.0. The molecule has 1 unspecified atom stereocenters. The van der Waals surface area contributed by atoms with E-state index in [0.29, 0.717) is 0 Å². The largest absolute Gasteiger partial charge is 0.387 e. The molecule has 2 aliphatic heterocycles. The minimum atomic E-state index is -0.525. The lowest BCUT2D eigenvalue weighted by atomic mass is 9.94. The van der Waals surface area contributed by atoms with Gasteiger partial charge in [-0.3, -0.25) is 4.90 Å². The van der Waals surface area contributed by atoms with E-state index in [1.165, 1.54) is 24.9 Å². The van der Waals surface area contributed by atoms with Crippen LogP contribution in [0.15, 0.2) is 30.3 Å². The second-order valence-electron chi connectivity index (χ2n) is 8.15. The average molecular weight is 332 g/mol. The summed E-state index contributed by atoms with van der Waals surface area (Å²) >= 11 is 0. The summed E-state index contributed by atoms with van der Waals surface area (Å²) in [5.74, 6) is 0.823. The van der Waals surface area contributed by atoms with Gasteiger partial charge in [0.2, 0.25) is 0 Å². The monoisotopic (exact) mass is 331 g/mol. The molecule has 1 N–H and O–H groups in total. The lowest BCUT2D eigenvalue weighted by Gasteiger charge is -2.37. The third kappa shape index (κ3) is 5.03. The third-order valence-electron chi connectivity index (χ3n) is 5.51. The Morgan fingerprint density at radius 2 is 1.79 bits per heavy atom. The number of hydrogen-bond donors (Lipinski definition) is 1. The Bertz CT molecular complexity index is 499. The molecule has 134 valence electrons. The molecule has 1 aromatic carbocycles. The van der Waals surface area contributed by atoms with Gasteiger partial charge in [-0.15, -0.1) is 0 Å². The number of nitrogens with zero attached hydrogens (tertiary/aromatic N) is 3. The van der Waals surface area contributed by atoms with Gasteiger partial charge >= 0.3 is 0 Å². The van der Waals surface area contributed by atoms with Gasteiger partial charge in [-0.05, 0) is 57.9 Å².